The molecule has 0 aliphatic carbocycles. The summed E-state index contributed by atoms with van der Waals surface area (Å²) in [5, 5.41) is 3.00. The molecule has 0 radical (unpaired) electrons. The van der Waals surface area contributed by atoms with Crippen LogP contribution >= 0.6 is 0 Å². The molecule has 0 spiro atoms. The first-order valence-corrected chi connectivity index (χ1v) is 7.16. The molecule has 108 valence electrons. The van der Waals surface area contributed by atoms with Crippen LogP contribution in [0.3, 0.4) is 0 Å². The molecule has 0 aromatic heterocycles. The number of hydrogen-bond donors (Lipinski definition) is 1. The Morgan fingerprint density at radius 1 is 1.40 bits per heavy atom. The van der Waals surface area contributed by atoms with Gasteiger partial charge in [0.15, 0.2) is 0 Å². The van der Waals surface area contributed by atoms with Crippen molar-refractivity contribution >= 4 is 5.91 Å². The maximum absolute atomic E-state index is 12.4. The molecule has 1 fully saturated rings. The van der Waals surface area contributed by atoms with Crippen molar-refractivity contribution in [1.82, 2.24) is 5.32 Å². The lowest BCUT2D eigenvalue weighted by molar-refractivity contribution is -0.0978. The van der Waals surface area contributed by atoms with Gasteiger partial charge in [0, 0.05) is 23.4 Å². The Morgan fingerprint density at radius 2 is 2.15 bits per heavy atom. The van der Waals surface area contributed by atoms with Gasteiger partial charge in [-0.25, -0.2) is 0 Å². The summed E-state index contributed by atoms with van der Waals surface area (Å²) < 4.78 is 11.1. The molecule has 0 saturated carbocycles. The van der Waals surface area contributed by atoms with Crippen LogP contribution < -0.4 is 10.1 Å². The number of benzene rings is 1. The molecule has 4 heteroatoms. The van der Waals surface area contributed by atoms with Gasteiger partial charge in [0.1, 0.15) is 11.9 Å². The van der Waals surface area contributed by atoms with Crippen LogP contribution in [0.1, 0.15) is 42.6 Å². The standard InChI is InChI=1S/C16H21NO3/c1-10-11(2)20-14-12(10)5-4-6-13(14)15(18)17-7-16(3)8-19-9-16/h4-6,10-11H,7-9H2,1-3H3,(H,17,18). The van der Waals surface area contributed by atoms with Crippen LogP contribution in [-0.4, -0.2) is 31.8 Å². The monoisotopic (exact) mass is 275 g/mol. The number of carbonyl (C=O) groups excluding carboxylic acids is 1. The van der Waals surface area contributed by atoms with E-state index in [1.165, 1.54) is 0 Å². The van der Waals surface area contributed by atoms with E-state index in [1.54, 1.807) is 0 Å². The van der Waals surface area contributed by atoms with Crippen LogP contribution in [0, 0.1) is 5.41 Å². The molecule has 0 bridgehead atoms. The molecule has 1 saturated heterocycles. The molecule has 1 aromatic rings. The van der Waals surface area contributed by atoms with Gasteiger partial charge in [-0.3, -0.25) is 4.79 Å². The van der Waals surface area contributed by atoms with Crippen LogP contribution in [0.15, 0.2) is 18.2 Å². The minimum Gasteiger partial charge on any atom is -0.489 e. The second kappa shape index (κ2) is 4.77. The summed E-state index contributed by atoms with van der Waals surface area (Å²) in [6.07, 6.45) is 0.122. The number of fused-ring (bicyclic) bond motifs is 1. The Labute approximate surface area is 119 Å². The Hall–Kier alpha value is -1.55. The molecular weight excluding hydrogens is 254 g/mol. The predicted molar refractivity (Wildman–Crippen MR) is 76.2 cm³/mol. The van der Waals surface area contributed by atoms with Gasteiger partial charge >= 0.3 is 0 Å². The number of para-hydroxylation sites is 1. The molecule has 2 aliphatic rings. The van der Waals surface area contributed by atoms with E-state index < -0.39 is 0 Å². The highest BCUT2D eigenvalue weighted by atomic mass is 16.5. The van der Waals surface area contributed by atoms with Crippen LogP contribution in [0.5, 0.6) is 5.75 Å². The minimum absolute atomic E-state index is 0.0590. The van der Waals surface area contributed by atoms with E-state index >= 15 is 0 Å². The van der Waals surface area contributed by atoms with Gasteiger partial charge in [0.05, 0.1) is 18.8 Å². The zero-order valence-electron chi connectivity index (χ0n) is 12.2. The van der Waals surface area contributed by atoms with E-state index in [-0.39, 0.29) is 17.4 Å². The van der Waals surface area contributed by atoms with E-state index in [0.29, 0.717) is 31.2 Å². The van der Waals surface area contributed by atoms with E-state index in [4.69, 9.17) is 9.47 Å². The summed E-state index contributed by atoms with van der Waals surface area (Å²) in [4.78, 5) is 12.4. The molecule has 2 unspecified atom stereocenters. The van der Waals surface area contributed by atoms with Gasteiger partial charge in [-0.15, -0.1) is 0 Å². The summed E-state index contributed by atoms with van der Waals surface area (Å²) in [6.45, 7) is 8.35. The van der Waals surface area contributed by atoms with Gasteiger partial charge in [-0.05, 0) is 13.0 Å². The molecule has 20 heavy (non-hydrogen) atoms. The fourth-order valence-electron chi connectivity index (χ4n) is 2.71. The largest absolute Gasteiger partial charge is 0.489 e. The molecule has 2 aliphatic heterocycles. The first-order valence-electron chi connectivity index (χ1n) is 7.16. The summed E-state index contributed by atoms with van der Waals surface area (Å²) in [5.74, 6) is 1.02. The van der Waals surface area contributed by atoms with Crippen molar-refractivity contribution in [3.8, 4) is 5.75 Å². The van der Waals surface area contributed by atoms with Crippen molar-refractivity contribution in [2.24, 2.45) is 5.41 Å². The fourth-order valence-corrected chi connectivity index (χ4v) is 2.71. The average Bonchev–Trinajstić information content (AvgIpc) is 2.69. The Bertz CT molecular complexity index is 537. The summed E-state index contributed by atoms with van der Waals surface area (Å²) >= 11 is 0. The number of amides is 1. The zero-order valence-corrected chi connectivity index (χ0v) is 12.2. The van der Waals surface area contributed by atoms with Gasteiger partial charge in [-0.2, -0.15) is 0 Å². The number of carbonyl (C=O) groups is 1. The highest BCUT2D eigenvalue weighted by molar-refractivity contribution is 5.97. The van der Waals surface area contributed by atoms with Gasteiger partial charge in [0.25, 0.3) is 5.91 Å². The van der Waals surface area contributed by atoms with E-state index in [2.05, 4.69) is 19.2 Å². The highest BCUT2D eigenvalue weighted by Crippen LogP contribution is 2.40. The lowest BCUT2D eigenvalue weighted by Gasteiger charge is -2.38. The van der Waals surface area contributed by atoms with E-state index in [9.17, 15) is 4.79 Å². The smallest absolute Gasteiger partial charge is 0.255 e. The minimum atomic E-state index is -0.0590. The molecule has 1 N–H and O–H groups in total. The number of hydrogen-bond acceptors (Lipinski definition) is 3. The van der Waals surface area contributed by atoms with Crippen molar-refractivity contribution in [3.05, 3.63) is 29.3 Å². The SMILES string of the molecule is CC1Oc2c(C(=O)NCC3(C)COC3)cccc2C1C. The van der Waals surface area contributed by atoms with Gasteiger partial charge in [-0.1, -0.05) is 26.0 Å². The predicted octanol–water partition coefficient (Wildman–Crippen LogP) is 2.34. The third-order valence-electron chi connectivity index (χ3n) is 4.37. The normalized spacial score (nSPS) is 26.4. The number of rotatable bonds is 3. The number of nitrogens with one attached hydrogen (secondary N) is 1. The van der Waals surface area contributed by atoms with E-state index in [1.807, 2.05) is 25.1 Å². The van der Waals surface area contributed by atoms with Crippen LogP contribution in [0.2, 0.25) is 0 Å². The topological polar surface area (TPSA) is 47.6 Å². The van der Waals surface area contributed by atoms with Crippen molar-refractivity contribution in [1.29, 1.82) is 0 Å². The third kappa shape index (κ3) is 2.18. The molecule has 3 rings (SSSR count). The van der Waals surface area contributed by atoms with Crippen molar-refractivity contribution < 1.29 is 14.3 Å². The second-order valence-electron chi connectivity index (χ2n) is 6.32. The maximum Gasteiger partial charge on any atom is 0.255 e. The fraction of sp³-hybridized carbons (Fsp3) is 0.562. The average molecular weight is 275 g/mol. The van der Waals surface area contributed by atoms with Crippen molar-refractivity contribution in [2.75, 3.05) is 19.8 Å². The maximum atomic E-state index is 12.4. The van der Waals surface area contributed by atoms with Crippen LogP contribution in [0.4, 0.5) is 0 Å². The van der Waals surface area contributed by atoms with Gasteiger partial charge in [0.2, 0.25) is 0 Å². The zero-order chi connectivity index (χ0) is 14.3. The molecule has 1 amide bonds. The van der Waals surface area contributed by atoms with E-state index in [0.717, 1.165) is 11.3 Å². The third-order valence-corrected chi connectivity index (χ3v) is 4.37. The Balaban J connectivity index is 1.76. The Morgan fingerprint density at radius 3 is 2.80 bits per heavy atom. The van der Waals surface area contributed by atoms with Crippen molar-refractivity contribution in [3.63, 3.8) is 0 Å². The molecule has 4 nitrogen and oxygen atoms in total. The van der Waals surface area contributed by atoms with Crippen molar-refractivity contribution in [2.45, 2.75) is 32.8 Å². The lowest BCUT2D eigenvalue weighted by Crippen LogP contribution is -2.48. The first-order chi connectivity index (χ1) is 9.50. The van der Waals surface area contributed by atoms with Gasteiger partial charge < -0.3 is 14.8 Å². The Kier molecular flexibility index (Phi) is 3.21. The summed E-state index contributed by atoms with van der Waals surface area (Å²) in [7, 11) is 0. The summed E-state index contributed by atoms with van der Waals surface area (Å²) in [6, 6.07) is 5.81. The molecule has 2 atom stereocenters. The first kappa shape index (κ1) is 13.4. The van der Waals surface area contributed by atoms with Crippen LogP contribution in [-0.2, 0) is 4.74 Å². The second-order valence-corrected chi connectivity index (χ2v) is 6.32. The lowest BCUT2D eigenvalue weighted by atomic mass is 9.88. The molecule has 1 aromatic carbocycles. The summed E-state index contributed by atoms with van der Waals surface area (Å²) in [5.41, 5.74) is 1.85. The highest BCUT2D eigenvalue weighted by Gasteiger charge is 2.35. The quantitative estimate of drug-likeness (QED) is 0.921. The van der Waals surface area contributed by atoms with Crippen LogP contribution in [0.25, 0.3) is 0 Å². The molecular formula is C16H21NO3. The molecule has 2 heterocycles. The number of ether oxygens (including phenoxy) is 2.